The molecule has 2 aromatic rings. The Morgan fingerprint density at radius 2 is 1.85 bits per heavy atom. The van der Waals surface area contributed by atoms with E-state index in [1.165, 1.54) is 24.3 Å². The van der Waals surface area contributed by atoms with E-state index in [2.05, 4.69) is 5.32 Å². The zero-order valence-electron chi connectivity index (χ0n) is 10.6. The standard InChI is InChI=1S/C15H14FNO3/c16-12-4-2-1-3-11(12)9-17-15(20)8-10-5-6-13(18)14(19)7-10/h1-7,18-19H,8-9H2,(H,17,20). The van der Waals surface area contributed by atoms with E-state index in [9.17, 15) is 14.3 Å². The molecule has 2 aromatic carbocycles. The van der Waals surface area contributed by atoms with Gasteiger partial charge in [-0.1, -0.05) is 24.3 Å². The number of phenolic OH excluding ortho intramolecular Hbond substituents is 2. The summed E-state index contributed by atoms with van der Waals surface area (Å²) in [5, 5.41) is 21.1. The monoisotopic (exact) mass is 275 g/mol. The van der Waals surface area contributed by atoms with Crippen LogP contribution in [0.25, 0.3) is 0 Å². The Balaban J connectivity index is 1.93. The largest absolute Gasteiger partial charge is 0.504 e. The highest BCUT2D eigenvalue weighted by atomic mass is 19.1. The van der Waals surface area contributed by atoms with Crippen molar-refractivity contribution in [2.75, 3.05) is 0 Å². The molecule has 104 valence electrons. The van der Waals surface area contributed by atoms with Gasteiger partial charge in [0, 0.05) is 12.1 Å². The molecule has 0 aromatic heterocycles. The number of phenols is 2. The van der Waals surface area contributed by atoms with Crippen LogP contribution in [0.1, 0.15) is 11.1 Å². The van der Waals surface area contributed by atoms with Crippen molar-refractivity contribution >= 4 is 5.91 Å². The number of carbonyl (C=O) groups is 1. The predicted molar refractivity (Wildman–Crippen MR) is 71.7 cm³/mol. The van der Waals surface area contributed by atoms with Gasteiger partial charge >= 0.3 is 0 Å². The average molecular weight is 275 g/mol. The lowest BCUT2D eigenvalue weighted by molar-refractivity contribution is -0.120. The lowest BCUT2D eigenvalue weighted by atomic mass is 10.1. The van der Waals surface area contributed by atoms with Gasteiger partial charge in [0.25, 0.3) is 0 Å². The van der Waals surface area contributed by atoms with Gasteiger partial charge in [0.15, 0.2) is 11.5 Å². The number of carbonyl (C=O) groups excluding carboxylic acids is 1. The van der Waals surface area contributed by atoms with Crippen molar-refractivity contribution in [3.63, 3.8) is 0 Å². The Labute approximate surface area is 115 Å². The number of rotatable bonds is 4. The molecule has 20 heavy (non-hydrogen) atoms. The third-order valence-electron chi connectivity index (χ3n) is 2.84. The molecule has 0 heterocycles. The molecule has 3 N–H and O–H groups in total. The van der Waals surface area contributed by atoms with Crippen LogP contribution in [0.2, 0.25) is 0 Å². The summed E-state index contributed by atoms with van der Waals surface area (Å²) < 4.78 is 13.4. The summed E-state index contributed by atoms with van der Waals surface area (Å²) >= 11 is 0. The minimum absolute atomic E-state index is 0.0439. The van der Waals surface area contributed by atoms with Crippen LogP contribution < -0.4 is 5.32 Å². The molecule has 2 rings (SSSR count). The first-order valence-corrected chi connectivity index (χ1v) is 6.07. The molecule has 4 nitrogen and oxygen atoms in total. The molecule has 1 amide bonds. The minimum Gasteiger partial charge on any atom is -0.504 e. The van der Waals surface area contributed by atoms with Crippen LogP contribution in [0.3, 0.4) is 0 Å². The molecule has 0 spiro atoms. The highest BCUT2D eigenvalue weighted by Gasteiger charge is 2.07. The first-order chi connectivity index (χ1) is 9.56. The van der Waals surface area contributed by atoms with Gasteiger partial charge in [-0.15, -0.1) is 0 Å². The van der Waals surface area contributed by atoms with E-state index in [0.717, 1.165) is 0 Å². The molecular weight excluding hydrogens is 261 g/mol. The van der Waals surface area contributed by atoms with Gasteiger partial charge in [-0.05, 0) is 23.8 Å². The highest BCUT2D eigenvalue weighted by Crippen LogP contribution is 2.24. The minimum atomic E-state index is -0.366. The zero-order chi connectivity index (χ0) is 14.5. The highest BCUT2D eigenvalue weighted by molar-refractivity contribution is 5.78. The van der Waals surface area contributed by atoms with Gasteiger partial charge in [0.2, 0.25) is 5.91 Å². The number of hydrogen-bond donors (Lipinski definition) is 3. The number of halogens is 1. The Bertz CT molecular complexity index is 628. The fourth-order valence-electron chi connectivity index (χ4n) is 1.76. The molecular formula is C15H14FNO3. The summed E-state index contributed by atoms with van der Waals surface area (Å²) in [5.74, 6) is -1.17. The van der Waals surface area contributed by atoms with Crippen LogP contribution in [0.4, 0.5) is 4.39 Å². The lowest BCUT2D eigenvalue weighted by Gasteiger charge is -2.07. The van der Waals surface area contributed by atoms with Crippen molar-refractivity contribution in [2.45, 2.75) is 13.0 Å². The first kappa shape index (κ1) is 13.9. The molecule has 0 aliphatic heterocycles. The molecule has 0 fully saturated rings. The van der Waals surface area contributed by atoms with Crippen LogP contribution >= 0.6 is 0 Å². The zero-order valence-corrected chi connectivity index (χ0v) is 10.6. The third kappa shape index (κ3) is 3.47. The molecule has 0 saturated heterocycles. The summed E-state index contributed by atoms with van der Waals surface area (Å²) in [5.41, 5.74) is 0.973. The third-order valence-corrected chi connectivity index (χ3v) is 2.84. The number of benzene rings is 2. The van der Waals surface area contributed by atoms with E-state index in [4.69, 9.17) is 5.11 Å². The van der Waals surface area contributed by atoms with Crippen LogP contribution in [-0.2, 0) is 17.8 Å². The lowest BCUT2D eigenvalue weighted by Crippen LogP contribution is -2.24. The first-order valence-electron chi connectivity index (χ1n) is 6.07. The molecule has 5 heteroatoms. The Hall–Kier alpha value is -2.56. The number of aromatic hydroxyl groups is 2. The topological polar surface area (TPSA) is 69.6 Å². The Morgan fingerprint density at radius 3 is 2.55 bits per heavy atom. The second kappa shape index (κ2) is 6.06. The average Bonchev–Trinajstić information content (AvgIpc) is 2.42. The van der Waals surface area contributed by atoms with Crippen LogP contribution in [0.5, 0.6) is 11.5 Å². The van der Waals surface area contributed by atoms with E-state index in [1.807, 2.05) is 0 Å². The summed E-state index contributed by atoms with van der Waals surface area (Å²) in [7, 11) is 0. The number of nitrogens with one attached hydrogen (secondary N) is 1. The smallest absolute Gasteiger partial charge is 0.224 e. The van der Waals surface area contributed by atoms with E-state index in [-0.39, 0.29) is 36.2 Å². The van der Waals surface area contributed by atoms with Gasteiger partial charge < -0.3 is 15.5 Å². The van der Waals surface area contributed by atoms with Gasteiger partial charge in [-0.3, -0.25) is 4.79 Å². The van der Waals surface area contributed by atoms with Crippen molar-refractivity contribution < 1.29 is 19.4 Å². The molecule has 0 radical (unpaired) electrons. The second-order valence-corrected chi connectivity index (χ2v) is 4.37. The van der Waals surface area contributed by atoms with Crippen molar-refractivity contribution in [3.05, 3.63) is 59.4 Å². The summed E-state index contributed by atoms with van der Waals surface area (Å²) in [6.45, 7) is 0.107. The molecule has 0 unspecified atom stereocenters. The SMILES string of the molecule is O=C(Cc1ccc(O)c(O)c1)NCc1ccccc1F. The van der Waals surface area contributed by atoms with E-state index in [0.29, 0.717) is 11.1 Å². The predicted octanol–water partition coefficient (Wildman–Crippen LogP) is 2.10. The fourth-order valence-corrected chi connectivity index (χ4v) is 1.76. The molecule has 0 bridgehead atoms. The summed E-state index contributed by atoms with van der Waals surface area (Å²) in [4.78, 5) is 11.7. The van der Waals surface area contributed by atoms with E-state index < -0.39 is 0 Å². The Morgan fingerprint density at radius 1 is 1.10 bits per heavy atom. The normalized spacial score (nSPS) is 10.2. The van der Waals surface area contributed by atoms with Crippen LogP contribution in [0.15, 0.2) is 42.5 Å². The summed E-state index contributed by atoms with van der Waals surface area (Å²) in [6, 6.07) is 10.4. The van der Waals surface area contributed by atoms with Crippen molar-refractivity contribution in [1.82, 2.24) is 5.32 Å². The van der Waals surface area contributed by atoms with Gasteiger partial charge in [0.1, 0.15) is 5.82 Å². The maximum atomic E-state index is 13.4. The van der Waals surface area contributed by atoms with Gasteiger partial charge in [-0.25, -0.2) is 4.39 Å². The van der Waals surface area contributed by atoms with E-state index in [1.54, 1.807) is 18.2 Å². The quantitative estimate of drug-likeness (QED) is 0.748. The van der Waals surface area contributed by atoms with Crippen LogP contribution in [-0.4, -0.2) is 16.1 Å². The molecule has 0 aliphatic rings. The maximum Gasteiger partial charge on any atom is 0.224 e. The van der Waals surface area contributed by atoms with Crippen molar-refractivity contribution in [3.8, 4) is 11.5 Å². The molecule has 0 aliphatic carbocycles. The molecule has 0 saturated carbocycles. The second-order valence-electron chi connectivity index (χ2n) is 4.37. The summed E-state index contributed by atoms with van der Waals surface area (Å²) in [6.07, 6.45) is 0.0439. The van der Waals surface area contributed by atoms with Gasteiger partial charge in [0.05, 0.1) is 6.42 Å². The Kier molecular flexibility index (Phi) is 4.20. The fraction of sp³-hybridized carbons (Fsp3) is 0.133. The molecule has 0 atom stereocenters. The number of amides is 1. The van der Waals surface area contributed by atoms with Crippen LogP contribution in [0, 0.1) is 5.82 Å². The van der Waals surface area contributed by atoms with E-state index >= 15 is 0 Å². The number of hydrogen-bond acceptors (Lipinski definition) is 3. The van der Waals surface area contributed by atoms with Crippen molar-refractivity contribution in [1.29, 1.82) is 0 Å². The maximum absolute atomic E-state index is 13.4. The van der Waals surface area contributed by atoms with Gasteiger partial charge in [-0.2, -0.15) is 0 Å². The van der Waals surface area contributed by atoms with Crippen molar-refractivity contribution in [2.24, 2.45) is 0 Å².